The van der Waals surface area contributed by atoms with Crippen molar-refractivity contribution in [2.75, 3.05) is 26.3 Å². The van der Waals surface area contributed by atoms with Gasteiger partial charge in [0.05, 0.1) is 13.2 Å². The fourth-order valence-corrected chi connectivity index (χ4v) is 0.717. The number of carbonyl (C=O) groups excluding carboxylic acids is 2. The molecule has 4 N–H and O–H groups in total. The van der Waals surface area contributed by atoms with Crippen LogP contribution in [-0.4, -0.2) is 41.1 Å². The van der Waals surface area contributed by atoms with Gasteiger partial charge < -0.3 is 16.2 Å². The number of hydrogen-bond donors (Lipinski definition) is 5. The van der Waals surface area contributed by atoms with Crippen molar-refractivity contribution >= 4 is 48.6 Å². The van der Waals surface area contributed by atoms with Gasteiger partial charge in [0.2, 0.25) is 0 Å². The molecule has 1 aliphatic heterocycles. The van der Waals surface area contributed by atoms with E-state index in [0.717, 1.165) is 26.3 Å². The van der Waals surface area contributed by atoms with E-state index in [9.17, 15) is 0 Å². The largest absolute Gasteiger partial charge is 0.379 e. The molecular formula is C8H23N3O3S3. The van der Waals surface area contributed by atoms with Crippen LogP contribution in [0.1, 0.15) is 14.9 Å². The average Bonchev–Trinajstić information content (AvgIpc) is 2.03. The third kappa shape index (κ3) is 49.2. The van der Waals surface area contributed by atoms with Crippen LogP contribution in [0.2, 0.25) is 0 Å². The van der Waals surface area contributed by atoms with E-state index in [2.05, 4.69) is 49.5 Å². The standard InChI is InChI=1S/C4H9NOS.2CH3NOS.2CH4/c7-5-1-3-6-4-2-5;2*2-1(3)4;;/h7H,1-4H2;2*(H3,2,3,4);2*1H4. The average molecular weight is 305 g/mol. The highest BCUT2D eigenvalue weighted by Gasteiger charge is 2.03. The highest BCUT2D eigenvalue weighted by atomic mass is 32.1. The molecule has 106 valence electrons. The van der Waals surface area contributed by atoms with Crippen LogP contribution < -0.4 is 11.5 Å². The van der Waals surface area contributed by atoms with Gasteiger partial charge >= 0.3 is 0 Å². The number of carbonyl (C=O) groups is 2. The highest BCUT2D eigenvalue weighted by Crippen LogP contribution is 1.97. The molecule has 0 atom stereocenters. The Hall–Kier alpha value is -0.0900. The van der Waals surface area contributed by atoms with Crippen LogP contribution in [0.5, 0.6) is 0 Å². The van der Waals surface area contributed by atoms with Crippen LogP contribution in [0.15, 0.2) is 0 Å². The molecule has 0 radical (unpaired) electrons. The van der Waals surface area contributed by atoms with Crippen molar-refractivity contribution in [1.29, 1.82) is 0 Å². The Kier molecular flexibility index (Phi) is 27.6. The fourth-order valence-electron chi connectivity index (χ4n) is 0.554. The van der Waals surface area contributed by atoms with E-state index in [0.29, 0.717) is 0 Å². The number of rotatable bonds is 0. The van der Waals surface area contributed by atoms with Gasteiger partial charge in [0, 0.05) is 13.1 Å². The van der Waals surface area contributed by atoms with Gasteiger partial charge in [0.25, 0.3) is 10.5 Å². The molecule has 0 aliphatic carbocycles. The molecule has 1 heterocycles. The van der Waals surface area contributed by atoms with Crippen molar-refractivity contribution in [2.45, 2.75) is 14.9 Å². The number of morpholine rings is 1. The molecule has 0 aromatic heterocycles. The molecule has 0 spiro atoms. The summed E-state index contributed by atoms with van der Waals surface area (Å²) in [4.78, 5) is 18.2. The van der Waals surface area contributed by atoms with Gasteiger partial charge in [0.1, 0.15) is 0 Å². The lowest BCUT2D eigenvalue weighted by Crippen LogP contribution is -2.28. The van der Waals surface area contributed by atoms with E-state index < -0.39 is 10.5 Å². The molecule has 0 bridgehead atoms. The Bertz CT molecular complexity index is 170. The molecule has 0 saturated carbocycles. The third-order valence-electron chi connectivity index (χ3n) is 0.987. The SMILES string of the molecule is C.C.NC(=O)S.NC(=O)S.SN1CCOCC1. The minimum Gasteiger partial charge on any atom is -0.379 e. The lowest BCUT2D eigenvalue weighted by molar-refractivity contribution is 0.0781. The van der Waals surface area contributed by atoms with Crippen LogP contribution in [0.25, 0.3) is 0 Å². The van der Waals surface area contributed by atoms with Crippen molar-refractivity contribution in [1.82, 2.24) is 4.31 Å². The van der Waals surface area contributed by atoms with E-state index in [1.807, 2.05) is 4.31 Å². The number of ether oxygens (including phenoxy) is 1. The highest BCUT2D eigenvalue weighted by molar-refractivity contribution is 7.96. The van der Waals surface area contributed by atoms with Crippen LogP contribution in [0.4, 0.5) is 9.59 Å². The molecule has 1 aliphatic rings. The maximum Gasteiger partial charge on any atom is 0.273 e. The van der Waals surface area contributed by atoms with Crippen LogP contribution in [0.3, 0.4) is 0 Å². The number of primary amides is 2. The Morgan fingerprint density at radius 2 is 1.24 bits per heavy atom. The minimum absolute atomic E-state index is 0. The monoisotopic (exact) mass is 305 g/mol. The first kappa shape index (κ1) is 25.7. The minimum atomic E-state index is -0.639. The molecule has 0 aromatic rings. The molecule has 9 heteroatoms. The fraction of sp³-hybridized carbons (Fsp3) is 0.750. The lowest BCUT2D eigenvalue weighted by Gasteiger charge is -2.19. The zero-order chi connectivity index (χ0) is 12.3. The maximum absolute atomic E-state index is 9.09. The Morgan fingerprint density at radius 3 is 1.35 bits per heavy atom. The Labute approximate surface area is 120 Å². The van der Waals surface area contributed by atoms with Crippen molar-refractivity contribution in [2.24, 2.45) is 11.5 Å². The quantitative estimate of drug-likeness (QED) is 0.437. The number of nitrogens with zero attached hydrogens (tertiary/aromatic N) is 1. The summed E-state index contributed by atoms with van der Waals surface area (Å²) >= 11 is 10.3. The number of nitrogens with two attached hydrogens (primary N) is 2. The van der Waals surface area contributed by atoms with Gasteiger partial charge in [-0.15, -0.1) is 0 Å². The lowest BCUT2D eigenvalue weighted by atomic mass is 10.5. The van der Waals surface area contributed by atoms with Crippen molar-refractivity contribution in [3.8, 4) is 0 Å². The Morgan fingerprint density at radius 1 is 1.00 bits per heavy atom. The van der Waals surface area contributed by atoms with Crippen molar-refractivity contribution in [3.63, 3.8) is 0 Å². The molecule has 2 amide bonds. The van der Waals surface area contributed by atoms with Crippen LogP contribution >= 0.6 is 38.1 Å². The topological polar surface area (TPSA) is 98.7 Å². The number of amides is 2. The predicted octanol–water partition coefficient (Wildman–Crippen LogP) is 1.43. The first-order valence-electron chi connectivity index (χ1n) is 3.84. The van der Waals surface area contributed by atoms with Gasteiger partial charge in [-0.25, -0.2) is 4.31 Å². The summed E-state index contributed by atoms with van der Waals surface area (Å²) in [5, 5.41) is -1.28. The summed E-state index contributed by atoms with van der Waals surface area (Å²) in [5.41, 5.74) is 8.67. The molecule has 1 fully saturated rings. The summed E-state index contributed by atoms with van der Waals surface area (Å²) in [7, 11) is 0. The molecule has 0 unspecified atom stereocenters. The van der Waals surface area contributed by atoms with Gasteiger partial charge in [-0.2, -0.15) is 0 Å². The second-order valence-electron chi connectivity index (χ2n) is 2.24. The predicted molar refractivity (Wildman–Crippen MR) is 82.0 cm³/mol. The molecule has 6 nitrogen and oxygen atoms in total. The first-order valence-corrected chi connectivity index (χ1v) is 5.14. The summed E-state index contributed by atoms with van der Waals surface area (Å²) < 4.78 is 7.01. The van der Waals surface area contributed by atoms with Crippen LogP contribution in [-0.2, 0) is 4.74 Å². The molecule has 1 rings (SSSR count). The van der Waals surface area contributed by atoms with Gasteiger partial charge in [-0.3, -0.25) is 9.59 Å². The van der Waals surface area contributed by atoms with Crippen LogP contribution in [0, 0.1) is 0 Å². The van der Waals surface area contributed by atoms with Gasteiger partial charge in [0.15, 0.2) is 0 Å². The number of thiol groups is 3. The second kappa shape index (κ2) is 18.3. The summed E-state index contributed by atoms with van der Waals surface area (Å²) in [6.45, 7) is 3.60. The zero-order valence-corrected chi connectivity index (χ0v) is 10.7. The molecular weight excluding hydrogens is 282 g/mol. The van der Waals surface area contributed by atoms with Gasteiger partial charge in [-0.1, -0.05) is 52.9 Å². The normalized spacial score (nSPS) is 13.4. The molecule has 0 aromatic carbocycles. The first-order chi connectivity index (χ1) is 6.86. The smallest absolute Gasteiger partial charge is 0.273 e. The summed E-state index contributed by atoms with van der Waals surface area (Å²) in [6.07, 6.45) is 0. The Balaban J connectivity index is -0.0000000755. The zero-order valence-electron chi connectivity index (χ0n) is 8.00. The number of hydrogen-bond acceptors (Lipinski definition) is 5. The van der Waals surface area contributed by atoms with E-state index in [4.69, 9.17) is 14.3 Å². The maximum atomic E-state index is 9.09. The summed E-state index contributed by atoms with van der Waals surface area (Å²) in [5.74, 6) is 0. The molecule has 1 saturated heterocycles. The van der Waals surface area contributed by atoms with E-state index >= 15 is 0 Å². The van der Waals surface area contributed by atoms with Crippen molar-refractivity contribution < 1.29 is 14.3 Å². The second-order valence-corrected chi connectivity index (χ2v) is 3.69. The third-order valence-corrected chi connectivity index (χ3v) is 1.39. The van der Waals surface area contributed by atoms with Crippen molar-refractivity contribution in [3.05, 3.63) is 0 Å². The summed E-state index contributed by atoms with van der Waals surface area (Å²) in [6, 6.07) is 0. The molecule has 17 heavy (non-hydrogen) atoms. The van der Waals surface area contributed by atoms with E-state index in [1.165, 1.54) is 0 Å². The van der Waals surface area contributed by atoms with E-state index in [-0.39, 0.29) is 14.9 Å². The van der Waals surface area contributed by atoms with E-state index in [1.54, 1.807) is 0 Å². The van der Waals surface area contributed by atoms with Gasteiger partial charge in [-0.05, 0) is 0 Å².